The Kier molecular flexibility index (Phi) is 7.06. The first kappa shape index (κ1) is 18.0. The zero-order valence-electron chi connectivity index (χ0n) is 14.4. The minimum atomic E-state index is -0.886. The van der Waals surface area contributed by atoms with Gasteiger partial charge in [-0.05, 0) is 57.7 Å². The number of benzene rings is 1. The highest BCUT2D eigenvalue weighted by molar-refractivity contribution is 5.80. The summed E-state index contributed by atoms with van der Waals surface area (Å²) in [6, 6.07) is 10.6. The molecule has 1 saturated heterocycles. The van der Waals surface area contributed by atoms with Crippen LogP contribution in [0.15, 0.2) is 30.3 Å². The molecule has 0 aromatic heterocycles. The molecule has 2 rings (SSSR count). The van der Waals surface area contributed by atoms with Gasteiger partial charge in [0.1, 0.15) is 6.10 Å². The molecule has 0 bridgehead atoms. The largest absolute Gasteiger partial charge is 0.384 e. The third kappa shape index (κ3) is 5.63. The summed E-state index contributed by atoms with van der Waals surface area (Å²) in [5.41, 5.74) is 1.38. The van der Waals surface area contributed by atoms with Crippen LogP contribution in [0.2, 0.25) is 0 Å². The van der Waals surface area contributed by atoms with Crippen molar-refractivity contribution in [3.05, 3.63) is 35.9 Å². The predicted molar refractivity (Wildman–Crippen MR) is 93.0 cm³/mol. The van der Waals surface area contributed by atoms with E-state index in [-0.39, 0.29) is 5.91 Å². The predicted octanol–water partition coefficient (Wildman–Crippen LogP) is 2.52. The van der Waals surface area contributed by atoms with Crippen molar-refractivity contribution in [3.63, 3.8) is 0 Å². The molecular formula is C19H30N2O2. The maximum Gasteiger partial charge on any atom is 0.251 e. The highest BCUT2D eigenvalue weighted by Gasteiger charge is 2.22. The van der Waals surface area contributed by atoms with E-state index in [1.54, 1.807) is 11.8 Å². The van der Waals surface area contributed by atoms with Crippen LogP contribution in [0, 0.1) is 5.92 Å². The lowest BCUT2D eigenvalue weighted by molar-refractivity contribution is -0.139. The summed E-state index contributed by atoms with van der Waals surface area (Å²) < 4.78 is 0. The van der Waals surface area contributed by atoms with E-state index in [1.807, 2.05) is 6.92 Å². The molecule has 1 heterocycles. The van der Waals surface area contributed by atoms with Crippen molar-refractivity contribution in [2.75, 3.05) is 26.2 Å². The number of aliphatic hydroxyl groups excluding tert-OH is 1. The number of rotatable bonds is 7. The number of likely N-dealkylation sites (tertiary alicyclic amines) is 1. The first-order chi connectivity index (χ1) is 11.1. The summed E-state index contributed by atoms with van der Waals surface area (Å²) in [6.07, 6.45) is 2.56. The van der Waals surface area contributed by atoms with Crippen molar-refractivity contribution < 1.29 is 9.90 Å². The fourth-order valence-corrected chi connectivity index (χ4v) is 3.30. The molecule has 4 nitrogen and oxygen atoms in total. The van der Waals surface area contributed by atoms with Gasteiger partial charge in [0.2, 0.25) is 0 Å². The summed E-state index contributed by atoms with van der Waals surface area (Å²) >= 11 is 0. The summed E-state index contributed by atoms with van der Waals surface area (Å²) in [6.45, 7) is 8.28. The molecule has 1 atom stereocenters. The molecule has 1 N–H and O–H groups in total. The lowest BCUT2D eigenvalue weighted by atomic mass is 9.93. The standard InChI is InChI=1S/C19H30N2O2/c1-3-21(19(23)16(2)22)14-11-17-9-12-20(13-10-17)15-18-7-5-4-6-8-18/h4-8,16-17,22H,3,9-15H2,1-2H3/t16-/m1/s1. The molecular weight excluding hydrogens is 288 g/mol. The third-order valence-electron chi connectivity index (χ3n) is 4.81. The van der Waals surface area contributed by atoms with Crippen LogP contribution in [0.3, 0.4) is 0 Å². The first-order valence-electron chi connectivity index (χ1n) is 8.83. The van der Waals surface area contributed by atoms with Gasteiger partial charge in [-0.1, -0.05) is 30.3 Å². The van der Waals surface area contributed by atoms with Crippen molar-refractivity contribution >= 4 is 5.91 Å². The van der Waals surface area contributed by atoms with Gasteiger partial charge < -0.3 is 10.0 Å². The van der Waals surface area contributed by atoms with Crippen LogP contribution < -0.4 is 0 Å². The minimum absolute atomic E-state index is 0.144. The van der Waals surface area contributed by atoms with Crippen LogP contribution in [-0.2, 0) is 11.3 Å². The minimum Gasteiger partial charge on any atom is -0.384 e. The van der Waals surface area contributed by atoms with Crippen LogP contribution in [0.4, 0.5) is 0 Å². The van der Waals surface area contributed by atoms with Crippen LogP contribution in [0.1, 0.15) is 38.7 Å². The number of amides is 1. The summed E-state index contributed by atoms with van der Waals surface area (Å²) in [7, 11) is 0. The number of nitrogens with zero attached hydrogens (tertiary/aromatic N) is 2. The van der Waals surface area contributed by atoms with Gasteiger partial charge in [-0.2, -0.15) is 0 Å². The van der Waals surface area contributed by atoms with Gasteiger partial charge in [0.15, 0.2) is 0 Å². The maximum absolute atomic E-state index is 11.9. The van der Waals surface area contributed by atoms with Crippen LogP contribution in [0.5, 0.6) is 0 Å². The van der Waals surface area contributed by atoms with E-state index in [1.165, 1.54) is 18.4 Å². The van der Waals surface area contributed by atoms with Gasteiger partial charge in [0.25, 0.3) is 5.91 Å². The van der Waals surface area contributed by atoms with Crippen LogP contribution in [0.25, 0.3) is 0 Å². The van der Waals surface area contributed by atoms with E-state index in [0.29, 0.717) is 12.5 Å². The Morgan fingerprint density at radius 2 is 1.96 bits per heavy atom. The van der Waals surface area contributed by atoms with Crippen molar-refractivity contribution in [1.82, 2.24) is 9.80 Å². The molecule has 128 valence electrons. The van der Waals surface area contributed by atoms with E-state index in [4.69, 9.17) is 0 Å². The molecule has 23 heavy (non-hydrogen) atoms. The number of carbonyl (C=O) groups is 1. The zero-order valence-corrected chi connectivity index (χ0v) is 14.4. The number of carbonyl (C=O) groups excluding carboxylic acids is 1. The molecule has 1 aromatic rings. The molecule has 0 unspecified atom stereocenters. The molecule has 1 fully saturated rings. The topological polar surface area (TPSA) is 43.8 Å². The van der Waals surface area contributed by atoms with Gasteiger partial charge in [-0.25, -0.2) is 0 Å². The molecule has 0 saturated carbocycles. The van der Waals surface area contributed by atoms with Gasteiger partial charge in [-0.3, -0.25) is 9.69 Å². The molecule has 1 aromatic carbocycles. The Labute approximate surface area is 140 Å². The zero-order chi connectivity index (χ0) is 16.7. The van der Waals surface area contributed by atoms with E-state index in [0.717, 1.165) is 32.6 Å². The van der Waals surface area contributed by atoms with Crippen LogP contribution >= 0.6 is 0 Å². The van der Waals surface area contributed by atoms with Crippen molar-refractivity contribution in [3.8, 4) is 0 Å². The summed E-state index contributed by atoms with van der Waals surface area (Å²) in [4.78, 5) is 16.2. The molecule has 1 aliphatic rings. The van der Waals surface area contributed by atoms with Crippen LogP contribution in [-0.4, -0.2) is 53.1 Å². The summed E-state index contributed by atoms with van der Waals surface area (Å²) in [5, 5.41) is 9.44. The van der Waals surface area contributed by atoms with Crippen molar-refractivity contribution in [1.29, 1.82) is 0 Å². The SMILES string of the molecule is CCN(CCC1CCN(Cc2ccccc2)CC1)C(=O)[C@@H](C)O. The second-order valence-corrected chi connectivity index (χ2v) is 6.59. The maximum atomic E-state index is 11.9. The van der Waals surface area contributed by atoms with E-state index in [2.05, 4.69) is 35.2 Å². The second kappa shape index (κ2) is 9.04. The fraction of sp³-hybridized carbons (Fsp3) is 0.632. The molecule has 1 aliphatic heterocycles. The third-order valence-corrected chi connectivity index (χ3v) is 4.81. The molecule has 0 radical (unpaired) electrons. The lowest BCUT2D eigenvalue weighted by Gasteiger charge is -2.33. The fourth-order valence-electron chi connectivity index (χ4n) is 3.30. The number of hydrogen-bond acceptors (Lipinski definition) is 3. The highest BCUT2D eigenvalue weighted by atomic mass is 16.3. The molecule has 0 aliphatic carbocycles. The average Bonchev–Trinajstić information content (AvgIpc) is 2.57. The van der Waals surface area contributed by atoms with Crippen molar-refractivity contribution in [2.24, 2.45) is 5.92 Å². The van der Waals surface area contributed by atoms with E-state index >= 15 is 0 Å². The smallest absolute Gasteiger partial charge is 0.251 e. The summed E-state index contributed by atoms with van der Waals surface area (Å²) in [5.74, 6) is 0.548. The number of hydrogen-bond donors (Lipinski definition) is 1. The molecule has 4 heteroatoms. The average molecular weight is 318 g/mol. The van der Waals surface area contributed by atoms with E-state index < -0.39 is 6.10 Å². The quantitative estimate of drug-likeness (QED) is 0.840. The molecule has 1 amide bonds. The second-order valence-electron chi connectivity index (χ2n) is 6.59. The Hall–Kier alpha value is -1.39. The van der Waals surface area contributed by atoms with E-state index in [9.17, 15) is 9.90 Å². The number of aliphatic hydroxyl groups is 1. The Morgan fingerprint density at radius 3 is 2.52 bits per heavy atom. The normalized spacial score (nSPS) is 17.9. The first-order valence-corrected chi connectivity index (χ1v) is 8.83. The Balaban J connectivity index is 1.71. The number of piperidine rings is 1. The van der Waals surface area contributed by atoms with Gasteiger partial charge in [0.05, 0.1) is 0 Å². The monoisotopic (exact) mass is 318 g/mol. The Bertz CT molecular complexity index is 468. The Morgan fingerprint density at radius 1 is 1.30 bits per heavy atom. The number of likely N-dealkylation sites (N-methyl/N-ethyl adjacent to an activating group) is 1. The lowest BCUT2D eigenvalue weighted by Crippen LogP contribution is -2.40. The van der Waals surface area contributed by atoms with Gasteiger partial charge in [-0.15, -0.1) is 0 Å². The van der Waals surface area contributed by atoms with Crippen molar-refractivity contribution in [2.45, 2.75) is 45.8 Å². The van der Waals surface area contributed by atoms with Gasteiger partial charge >= 0.3 is 0 Å². The highest BCUT2D eigenvalue weighted by Crippen LogP contribution is 2.22. The molecule has 0 spiro atoms. The van der Waals surface area contributed by atoms with Gasteiger partial charge in [0, 0.05) is 19.6 Å².